The van der Waals surface area contributed by atoms with Crippen LogP contribution in [0.5, 0.6) is 0 Å². The van der Waals surface area contributed by atoms with Gasteiger partial charge in [-0.05, 0) is 37.8 Å². The molecule has 0 amide bonds. The number of aliphatic hydroxyl groups is 1. The second-order valence-corrected chi connectivity index (χ2v) is 4.80. The van der Waals surface area contributed by atoms with Crippen LogP contribution in [0.1, 0.15) is 31.2 Å². The fourth-order valence-corrected chi connectivity index (χ4v) is 2.46. The fourth-order valence-electron chi connectivity index (χ4n) is 2.46. The first-order chi connectivity index (χ1) is 8.77. The van der Waals surface area contributed by atoms with Crippen molar-refractivity contribution in [2.75, 3.05) is 18.1 Å². The lowest BCUT2D eigenvalue weighted by atomic mass is 9.90. The number of aliphatic hydroxyl groups excluding tert-OH is 1. The van der Waals surface area contributed by atoms with Gasteiger partial charge in [0.25, 0.3) is 0 Å². The predicted octanol–water partition coefficient (Wildman–Crippen LogP) is 2.03. The van der Waals surface area contributed by atoms with Crippen molar-refractivity contribution in [3.05, 3.63) is 29.6 Å². The Hall–Kier alpha value is -1.13. The number of nitrogens with two attached hydrogens (primary N) is 1. The van der Waals surface area contributed by atoms with Gasteiger partial charge in [0.15, 0.2) is 0 Å². The van der Waals surface area contributed by atoms with Gasteiger partial charge in [0.2, 0.25) is 0 Å². The highest BCUT2D eigenvalue weighted by atomic mass is 19.1. The summed E-state index contributed by atoms with van der Waals surface area (Å²) in [7, 11) is 0. The van der Waals surface area contributed by atoms with Crippen LogP contribution in [0.4, 0.5) is 10.1 Å². The lowest BCUT2D eigenvalue weighted by Crippen LogP contribution is -2.42. The second kappa shape index (κ2) is 6.16. The van der Waals surface area contributed by atoms with Gasteiger partial charge >= 0.3 is 0 Å². The summed E-state index contributed by atoms with van der Waals surface area (Å²) in [4.78, 5) is 2.21. The number of anilines is 1. The van der Waals surface area contributed by atoms with E-state index >= 15 is 0 Å². The lowest BCUT2D eigenvalue weighted by molar-refractivity contribution is 0.283. The minimum atomic E-state index is -0.233. The quantitative estimate of drug-likeness (QED) is 0.814. The molecule has 0 radical (unpaired) electrons. The highest BCUT2D eigenvalue weighted by Crippen LogP contribution is 2.32. The summed E-state index contributed by atoms with van der Waals surface area (Å²) in [6.45, 7) is 1.14. The van der Waals surface area contributed by atoms with Crippen LogP contribution in [0.15, 0.2) is 18.2 Å². The van der Waals surface area contributed by atoms with Crippen LogP contribution in [-0.4, -0.2) is 24.3 Å². The van der Waals surface area contributed by atoms with E-state index in [4.69, 9.17) is 10.8 Å². The summed E-state index contributed by atoms with van der Waals surface area (Å²) in [5.74, 6) is -0.233. The lowest BCUT2D eigenvalue weighted by Gasteiger charge is -2.40. The van der Waals surface area contributed by atoms with Crippen molar-refractivity contribution >= 4 is 5.69 Å². The zero-order chi connectivity index (χ0) is 13.0. The molecule has 0 spiro atoms. The largest absolute Gasteiger partial charge is 0.396 e. The van der Waals surface area contributed by atoms with Crippen LogP contribution in [0, 0.1) is 5.82 Å². The van der Waals surface area contributed by atoms with Gasteiger partial charge in [0.1, 0.15) is 5.82 Å². The molecule has 100 valence electrons. The average molecular weight is 252 g/mol. The number of nitrogens with zero attached hydrogens (tertiary/aromatic N) is 1. The maximum absolute atomic E-state index is 13.8. The Morgan fingerprint density at radius 1 is 1.39 bits per heavy atom. The van der Waals surface area contributed by atoms with E-state index in [1.54, 1.807) is 6.07 Å². The molecule has 0 aromatic heterocycles. The second-order valence-electron chi connectivity index (χ2n) is 4.80. The Bertz CT molecular complexity index is 393. The molecule has 1 aliphatic carbocycles. The first-order valence-electron chi connectivity index (χ1n) is 6.63. The minimum absolute atomic E-state index is 0.163. The summed E-state index contributed by atoms with van der Waals surface area (Å²) >= 11 is 0. The van der Waals surface area contributed by atoms with E-state index in [-0.39, 0.29) is 19.0 Å². The number of hydrogen-bond acceptors (Lipinski definition) is 3. The Kier molecular flexibility index (Phi) is 4.55. The van der Waals surface area contributed by atoms with Gasteiger partial charge in [-0.3, -0.25) is 0 Å². The predicted molar refractivity (Wildman–Crippen MR) is 71.0 cm³/mol. The third-order valence-electron chi connectivity index (χ3n) is 3.68. The molecule has 2 rings (SSSR count). The number of rotatable bonds is 6. The molecule has 0 atom stereocenters. The van der Waals surface area contributed by atoms with Crippen molar-refractivity contribution in [1.82, 2.24) is 0 Å². The molecule has 1 aromatic rings. The molecular weight excluding hydrogens is 231 g/mol. The molecule has 0 aliphatic heterocycles. The zero-order valence-electron chi connectivity index (χ0n) is 10.6. The molecular formula is C14H21FN2O. The molecule has 1 saturated carbocycles. The van der Waals surface area contributed by atoms with E-state index in [0.717, 1.165) is 25.1 Å². The number of hydrogen-bond donors (Lipinski definition) is 2. The first-order valence-corrected chi connectivity index (χ1v) is 6.63. The van der Waals surface area contributed by atoms with Crippen molar-refractivity contribution < 1.29 is 9.50 Å². The van der Waals surface area contributed by atoms with Gasteiger partial charge in [0.05, 0.1) is 0 Å². The van der Waals surface area contributed by atoms with Crippen molar-refractivity contribution in [2.24, 2.45) is 5.73 Å². The van der Waals surface area contributed by atoms with E-state index in [1.165, 1.54) is 12.5 Å². The molecule has 3 N–H and O–H groups in total. The monoisotopic (exact) mass is 252 g/mol. The standard InChI is InChI=1S/C14H21FN2O/c15-13-6-2-7-14(12(13)10-16)17(8-3-9-18)11-4-1-5-11/h2,6-7,11,18H,1,3-5,8-10,16H2. The zero-order valence-corrected chi connectivity index (χ0v) is 10.6. The Labute approximate surface area is 107 Å². The van der Waals surface area contributed by atoms with Crippen LogP contribution in [0.25, 0.3) is 0 Å². The number of halogens is 1. The first kappa shape index (κ1) is 13.3. The fraction of sp³-hybridized carbons (Fsp3) is 0.571. The van der Waals surface area contributed by atoms with E-state index in [2.05, 4.69) is 4.90 Å². The molecule has 1 aromatic carbocycles. The molecule has 1 fully saturated rings. The SMILES string of the molecule is NCc1c(F)cccc1N(CCCO)C1CCC1. The van der Waals surface area contributed by atoms with Crippen molar-refractivity contribution in [2.45, 2.75) is 38.3 Å². The Balaban J connectivity index is 2.25. The van der Waals surface area contributed by atoms with Crippen LogP contribution < -0.4 is 10.6 Å². The smallest absolute Gasteiger partial charge is 0.129 e. The average Bonchev–Trinajstić information content (AvgIpc) is 2.31. The maximum Gasteiger partial charge on any atom is 0.129 e. The van der Waals surface area contributed by atoms with Gasteiger partial charge in [-0.25, -0.2) is 4.39 Å². The Morgan fingerprint density at radius 3 is 2.72 bits per heavy atom. The summed E-state index contributed by atoms with van der Waals surface area (Å²) < 4.78 is 13.8. The van der Waals surface area contributed by atoms with Crippen LogP contribution >= 0.6 is 0 Å². The molecule has 0 unspecified atom stereocenters. The van der Waals surface area contributed by atoms with E-state index in [9.17, 15) is 4.39 Å². The Morgan fingerprint density at radius 2 is 2.17 bits per heavy atom. The normalized spacial score (nSPS) is 15.5. The van der Waals surface area contributed by atoms with E-state index < -0.39 is 0 Å². The van der Waals surface area contributed by atoms with Crippen LogP contribution in [0.2, 0.25) is 0 Å². The highest BCUT2D eigenvalue weighted by molar-refractivity contribution is 5.55. The minimum Gasteiger partial charge on any atom is -0.396 e. The van der Waals surface area contributed by atoms with Crippen LogP contribution in [0.3, 0.4) is 0 Å². The van der Waals surface area contributed by atoms with Crippen molar-refractivity contribution in [1.29, 1.82) is 0 Å². The topological polar surface area (TPSA) is 49.5 Å². The summed E-state index contributed by atoms with van der Waals surface area (Å²) in [5, 5.41) is 8.99. The third kappa shape index (κ3) is 2.65. The molecule has 18 heavy (non-hydrogen) atoms. The third-order valence-corrected chi connectivity index (χ3v) is 3.68. The van der Waals surface area contributed by atoms with Gasteiger partial charge in [-0.1, -0.05) is 6.07 Å². The van der Waals surface area contributed by atoms with Crippen LogP contribution in [-0.2, 0) is 6.54 Å². The van der Waals surface area contributed by atoms with Gasteiger partial charge in [-0.2, -0.15) is 0 Å². The maximum atomic E-state index is 13.8. The molecule has 0 heterocycles. The van der Waals surface area contributed by atoms with Crippen molar-refractivity contribution in [3.8, 4) is 0 Å². The summed E-state index contributed by atoms with van der Waals surface area (Å²) in [6.07, 6.45) is 4.22. The van der Waals surface area contributed by atoms with E-state index in [1.807, 2.05) is 6.07 Å². The van der Waals surface area contributed by atoms with Gasteiger partial charge in [-0.15, -0.1) is 0 Å². The van der Waals surface area contributed by atoms with Gasteiger partial charge in [0, 0.05) is 37.0 Å². The van der Waals surface area contributed by atoms with Crippen molar-refractivity contribution in [3.63, 3.8) is 0 Å². The molecule has 3 nitrogen and oxygen atoms in total. The molecule has 0 saturated heterocycles. The highest BCUT2D eigenvalue weighted by Gasteiger charge is 2.26. The molecule has 4 heteroatoms. The van der Waals surface area contributed by atoms with E-state index in [0.29, 0.717) is 18.0 Å². The number of benzene rings is 1. The summed E-state index contributed by atoms with van der Waals surface area (Å²) in [5.41, 5.74) is 7.15. The molecule has 0 bridgehead atoms. The molecule has 1 aliphatic rings. The summed E-state index contributed by atoms with van der Waals surface area (Å²) in [6, 6.07) is 5.59. The van der Waals surface area contributed by atoms with Gasteiger partial charge < -0.3 is 15.7 Å².